The second-order valence-electron chi connectivity index (χ2n) is 5.08. The van der Waals surface area contributed by atoms with E-state index >= 15 is 0 Å². The van der Waals surface area contributed by atoms with Crippen LogP contribution < -0.4 is 0 Å². The van der Waals surface area contributed by atoms with E-state index in [1.54, 1.807) is 6.07 Å². The van der Waals surface area contributed by atoms with E-state index in [4.69, 9.17) is 23.2 Å². The second-order valence-corrected chi connectivity index (χ2v) is 5.90. The standard InChI is InChI=1S/C16H19Cl2N/c1-2-13-5-3-9-19(12-13)10-4-6-14-7-8-15(17)16(18)11-14/h7-8,11,13H,2-3,5,9-10,12H2,1H3. The van der Waals surface area contributed by atoms with Gasteiger partial charge < -0.3 is 0 Å². The maximum absolute atomic E-state index is 5.97. The van der Waals surface area contributed by atoms with Gasteiger partial charge in [0.2, 0.25) is 0 Å². The van der Waals surface area contributed by atoms with Crippen LogP contribution in [0.2, 0.25) is 10.0 Å². The molecule has 0 spiro atoms. The van der Waals surface area contributed by atoms with Crippen LogP contribution in [-0.2, 0) is 0 Å². The van der Waals surface area contributed by atoms with Crippen LogP contribution in [0.15, 0.2) is 18.2 Å². The molecule has 0 saturated carbocycles. The highest BCUT2D eigenvalue weighted by Gasteiger charge is 2.16. The van der Waals surface area contributed by atoms with Crippen molar-refractivity contribution in [2.45, 2.75) is 26.2 Å². The molecular weight excluding hydrogens is 277 g/mol. The molecule has 1 nitrogen and oxygen atoms in total. The normalized spacial score (nSPS) is 19.8. The first-order chi connectivity index (χ1) is 9.19. The lowest BCUT2D eigenvalue weighted by molar-refractivity contribution is 0.190. The van der Waals surface area contributed by atoms with Crippen LogP contribution in [0, 0.1) is 17.8 Å². The summed E-state index contributed by atoms with van der Waals surface area (Å²) in [5.41, 5.74) is 0.929. The third-order valence-corrected chi connectivity index (χ3v) is 4.37. The maximum atomic E-state index is 5.97. The molecular formula is C16H19Cl2N. The van der Waals surface area contributed by atoms with Gasteiger partial charge in [-0.05, 0) is 43.5 Å². The van der Waals surface area contributed by atoms with Crippen LogP contribution in [0.1, 0.15) is 31.7 Å². The Morgan fingerprint density at radius 2 is 2.16 bits per heavy atom. The predicted octanol–water partition coefficient (Wildman–Crippen LogP) is 4.47. The van der Waals surface area contributed by atoms with Gasteiger partial charge in [0.15, 0.2) is 0 Å². The highest BCUT2D eigenvalue weighted by atomic mass is 35.5. The molecule has 2 rings (SSSR count). The van der Waals surface area contributed by atoms with Crippen LogP contribution in [0.4, 0.5) is 0 Å². The van der Waals surface area contributed by atoms with Crippen molar-refractivity contribution in [3.05, 3.63) is 33.8 Å². The quantitative estimate of drug-likeness (QED) is 0.728. The van der Waals surface area contributed by atoms with E-state index in [0.29, 0.717) is 10.0 Å². The molecule has 1 aliphatic heterocycles. The number of hydrogen-bond acceptors (Lipinski definition) is 1. The van der Waals surface area contributed by atoms with E-state index in [1.165, 1.54) is 32.4 Å². The molecule has 1 aromatic carbocycles. The van der Waals surface area contributed by atoms with Gasteiger partial charge in [-0.1, -0.05) is 48.4 Å². The van der Waals surface area contributed by atoms with Gasteiger partial charge in [0.05, 0.1) is 16.6 Å². The Labute approximate surface area is 125 Å². The Bertz CT molecular complexity index is 487. The molecule has 1 fully saturated rings. The summed E-state index contributed by atoms with van der Waals surface area (Å²) in [7, 11) is 0. The molecule has 1 heterocycles. The molecule has 0 amide bonds. The van der Waals surface area contributed by atoms with E-state index in [9.17, 15) is 0 Å². The summed E-state index contributed by atoms with van der Waals surface area (Å²) in [4.78, 5) is 2.45. The Hall–Kier alpha value is -0.680. The van der Waals surface area contributed by atoms with E-state index in [0.717, 1.165) is 18.0 Å². The molecule has 102 valence electrons. The minimum atomic E-state index is 0.567. The van der Waals surface area contributed by atoms with Crippen molar-refractivity contribution in [2.24, 2.45) is 5.92 Å². The van der Waals surface area contributed by atoms with Crippen LogP contribution in [0.3, 0.4) is 0 Å². The van der Waals surface area contributed by atoms with Crippen LogP contribution in [0.5, 0.6) is 0 Å². The van der Waals surface area contributed by atoms with Gasteiger partial charge in [-0.15, -0.1) is 0 Å². The summed E-state index contributed by atoms with van der Waals surface area (Å²) in [6.07, 6.45) is 3.94. The minimum Gasteiger partial charge on any atom is -0.292 e. The van der Waals surface area contributed by atoms with Crippen LogP contribution in [0.25, 0.3) is 0 Å². The van der Waals surface area contributed by atoms with E-state index in [-0.39, 0.29) is 0 Å². The van der Waals surface area contributed by atoms with Crippen molar-refractivity contribution in [1.29, 1.82) is 0 Å². The zero-order valence-electron chi connectivity index (χ0n) is 11.3. The summed E-state index contributed by atoms with van der Waals surface area (Å²) in [5, 5.41) is 1.14. The zero-order valence-corrected chi connectivity index (χ0v) is 12.8. The molecule has 0 aliphatic carbocycles. The topological polar surface area (TPSA) is 3.24 Å². The lowest BCUT2D eigenvalue weighted by Gasteiger charge is -2.30. The number of piperidine rings is 1. The number of nitrogens with zero attached hydrogens (tertiary/aromatic N) is 1. The number of hydrogen-bond donors (Lipinski definition) is 0. The van der Waals surface area contributed by atoms with Crippen molar-refractivity contribution in [1.82, 2.24) is 4.90 Å². The Kier molecular flexibility index (Phi) is 5.58. The summed E-state index contributed by atoms with van der Waals surface area (Å²) in [6.45, 7) is 5.48. The maximum Gasteiger partial charge on any atom is 0.0605 e. The van der Waals surface area contributed by atoms with E-state index < -0.39 is 0 Å². The monoisotopic (exact) mass is 295 g/mol. The van der Waals surface area contributed by atoms with Gasteiger partial charge in [-0.3, -0.25) is 4.90 Å². The Morgan fingerprint density at radius 3 is 2.89 bits per heavy atom. The predicted molar refractivity (Wildman–Crippen MR) is 82.8 cm³/mol. The zero-order chi connectivity index (χ0) is 13.7. The average molecular weight is 296 g/mol. The van der Waals surface area contributed by atoms with Crippen LogP contribution >= 0.6 is 23.2 Å². The molecule has 1 saturated heterocycles. The lowest BCUT2D eigenvalue weighted by atomic mass is 9.96. The second kappa shape index (κ2) is 7.20. The Balaban J connectivity index is 1.91. The first kappa shape index (κ1) is 14.7. The molecule has 19 heavy (non-hydrogen) atoms. The SMILES string of the molecule is CCC1CCCN(CC#Cc2ccc(Cl)c(Cl)c2)C1. The van der Waals surface area contributed by atoms with Gasteiger partial charge in [0.25, 0.3) is 0 Å². The number of benzene rings is 1. The molecule has 1 aliphatic rings. The first-order valence-electron chi connectivity index (χ1n) is 6.85. The molecule has 0 radical (unpaired) electrons. The molecule has 1 atom stereocenters. The summed E-state index contributed by atoms with van der Waals surface area (Å²) < 4.78 is 0. The third-order valence-electron chi connectivity index (χ3n) is 3.64. The van der Waals surface area contributed by atoms with Crippen molar-refractivity contribution in [3.8, 4) is 11.8 Å². The van der Waals surface area contributed by atoms with E-state index in [2.05, 4.69) is 23.7 Å². The fourth-order valence-corrected chi connectivity index (χ4v) is 2.75. The first-order valence-corrected chi connectivity index (χ1v) is 7.61. The summed E-state index contributed by atoms with van der Waals surface area (Å²) in [5.74, 6) is 7.24. The highest BCUT2D eigenvalue weighted by molar-refractivity contribution is 6.42. The van der Waals surface area contributed by atoms with Gasteiger partial charge >= 0.3 is 0 Å². The lowest BCUT2D eigenvalue weighted by Crippen LogP contribution is -2.35. The molecule has 0 bridgehead atoms. The fraction of sp³-hybridized carbons (Fsp3) is 0.500. The van der Waals surface area contributed by atoms with Gasteiger partial charge in [0, 0.05) is 12.1 Å². The number of likely N-dealkylation sites (tertiary alicyclic amines) is 1. The summed E-state index contributed by atoms with van der Waals surface area (Å²) in [6, 6.07) is 5.52. The van der Waals surface area contributed by atoms with Crippen molar-refractivity contribution < 1.29 is 0 Å². The molecule has 3 heteroatoms. The third kappa shape index (κ3) is 4.42. The molecule has 1 aromatic rings. The highest BCUT2D eigenvalue weighted by Crippen LogP contribution is 2.22. The fourth-order valence-electron chi connectivity index (χ4n) is 2.46. The van der Waals surface area contributed by atoms with E-state index in [1.807, 2.05) is 12.1 Å². The van der Waals surface area contributed by atoms with Crippen molar-refractivity contribution >= 4 is 23.2 Å². The Morgan fingerprint density at radius 1 is 1.32 bits per heavy atom. The van der Waals surface area contributed by atoms with Crippen molar-refractivity contribution in [3.63, 3.8) is 0 Å². The largest absolute Gasteiger partial charge is 0.292 e. The average Bonchev–Trinajstić information content (AvgIpc) is 2.43. The van der Waals surface area contributed by atoms with Crippen LogP contribution in [-0.4, -0.2) is 24.5 Å². The minimum absolute atomic E-state index is 0.567. The van der Waals surface area contributed by atoms with Gasteiger partial charge in [-0.2, -0.15) is 0 Å². The summed E-state index contributed by atoms with van der Waals surface area (Å²) >= 11 is 11.8. The van der Waals surface area contributed by atoms with Gasteiger partial charge in [-0.25, -0.2) is 0 Å². The van der Waals surface area contributed by atoms with Gasteiger partial charge in [0.1, 0.15) is 0 Å². The molecule has 0 N–H and O–H groups in total. The molecule has 1 unspecified atom stereocenters. The number of rotatable bonds is 2. The van der Waals surface area contributed by atoms with Crippen molar-refractivity contribution in [2.75, 3.05) is 19.6 Å². The number of halogens is 2. The smallest absolute Gasteiger partial charge is 0.0605 e. The molecule has 0 aromatic heterocycles.